The molecule has 1 aromatic carbocycles. The zero-order valence-electron chi connectivity index (χ0n) is 7.19. The molecule has 0 aliphatic carbocycles. The Balaban J connectivity index is 3.25. The van der Waals surface area contributed by atoms with Crippen LogP contribution in [0, 0.1) is 10.1 Å². The second kappa shape index (κ2) is 3.71. The van der Waals surface area contributed by atoms with Crippen molar-refractivity contribution >= 4 is 11.8 Å². The molecule has 0 amide bonds. The number of nitro groups is 1. The maximum absolute atomic E-state index is 10.6. The van der Waals surface area contributed by atoms with Crippen molar-refractivity contribution in [3.8, 4) is 5.75 Å². The van der Waals surface area contributed by atoms with Gasteiger partial charge in [-0.1, -0.05) is 12.7 Å². The number of nitrogens with zero attached hydrogens (tertiary/aromatic N) is 1. The van der Waals surface area contributed by atoms with Gasteiger partial charge in [-0.25, -0.2) is 0 Å². The van der Waals surface area contributed by atoms with Gasteiger partial charge in [0.1, 0.15) is 5.75 Å². The lowest BCUT2D eigenvalue weighted by atomic mass is 10.2. The number of nitro benzene ring substituents is 1. The van der Waals surface area contributed by atoms with Gasteiger partial charge >= 0.3 is 0 Å². The summed E-state index contributed by atoms with van der Waals surface area (Å²) in [5.41, 5.74) is 0.500. The van der Waals surface area contributed by atoms with Crippen molar-refractivity contribution in [1.29, 1.82) is 0 Å². The summed E-state index contributed by atoms with van der Waals surface area (Å²) in [5, 5.41) is 10.6. The van der Waals surface area contributed by atoms with Gasteiger partial charge in [-0.2, -0.15) is 0 Å². The zero-order chi connectivity index (χ0) is 9.84. The third-order valence-electron chi connectivity index (χ3n) is 1.65. The van der Waals surface area contributed by atoms with E-state index >= 15 is 0 Å². The van der Waals surface area contributed by atoms with Gasteiger partial charge in [0.2, 0.25) is 0 Å². The van der Waals surface area contributed by atoms with E-state index in [2.05, 4.69) is 6.58 Å². The topological polar surface area (TPSA) is 52.4 Å². The summed E-state index contributed by atoms with van der Waals surface area (Å²) < 4.78 is 4.87. The molecule has 4 heteroatoms. The van der Waals surface area contributed by atoms with Crippen LogP contribution < -0.4 is 4.74 Å². The minimum absolute atomic E-state index is 0.00866. The second-order valence-corrected chi connectivity index (χ2v) is 2.39. The SMILES string of the molecule is C=Cc1ccc(OC)cc1[N+](=O)[O-]. The fourth-order valence-corrected chi connectivity index (χ4v) is 0.981. The second-order valence-electron chi connectivity index (χ2n) is 2.39. The molecule has 1 aromatic rings. The molecule has 0 atom stereocenters. The van der Waals surface area contributed by atoms with E-state index in [9.17, 15) is 10.1 Å². The first kappa shape index (κ1) is 9.25. The number of hydrogen-bond acceptors (Lipinski definition) is 3. The third kappa shape index (κ3) is 1.84. The molecule has 4 nitrogen and oxygen atoms in total. The minimum atomic E-state index is -0.459. The molecule has 1 rings (SSSR count). The molecular formula is C9H9NO3. The predicted molar refractivity (Wildman–Crippen MR) is 49.7 cm³/mol. The number of rotatable bonds is 3. The minimum Gasteiger partial charge on any atom is -0.497 e. The molecule has 13 heavy (non-hydrogen) atoms. The normalized spacial score (nSPS) is 9.31. The van der Waals surface area contributed by atoms with Gasteiger partial charge in [0.05, 0.1) is 23.7 Å². The highest BCUT2D eigenvalue weighted by Gasteiger charge is 2.11. The van der Waals surface area contributed by atoms with Crippen LogP contribution in [0.15, 0.2) is 24.8 Å². The molecular weight excluding hydrogens is 170 g/mol. The van der Waals surface area contributed by atoms with Gasteiger partial charge in [-0.15, -0.1) is 0 Å². The summed E-state index contributed by atoms with van der Waals surface area (Å²) in [6, 6.07) is 4.63. The molecule has 0 saturated heterocycles. The van der Waals surface area contributed by atoms with Crippen molar-refractivity contribution in [2.45, 2.75) is 0 Å². The lowest BCUT2D eigenvalue weighted by Gasteiger charge is -2.00. The van der Waals surface area contributed by atoms with E-state index in [4.69, 9.17) is 4.74 Å². The monoisotopic (exact) mass is 179 g/mol. The van der Waals surface area contributed by atoms with Gasteiger partial charge in [0.25, 0.3) is 5.69 Å². The average molecular weight is 179 g/mol. The molecule has 0 radical (unpaired) electrons. The van der Waals surface area contributed by atoms with Gasteiger partial charge in [0.15, 0.2) is 0 Å². The Morgan fingerprint density at radius 3 is 2.77 bits per heavy atom. The summed E-state index contributed by atoms with van der Waals surface area (Å²) in [4.78, 5) is 10.1. The van der Waals surface area contributed by atoms with Crippen LogP contribution in [0.2, 0.25) is 0 Å². The highest BCUT2D eigenvalue weighted by Crippen LogP contribution is 2.24. The lowest BCUT2D eigenvalue weighted by molar-refractivity contribution is -0.385. The van der Waals surface area contributed by atoms with E-state index in [0.29, 0.717) is 11.3 Å². The number of benzene rings is 1. The fraction of sp³-hybridized carbons (Fsp3) is 0.111. The van der Waals surface area contributed by atoms with Crippen molar-refractivity contribution in [3.63, 3.8) is 0 Å². The predicted octanol–water partition coefficient (Wildman–Crippen LogP) is 2.25. The summed E-state index contributed by atoms with van der Waals surface area (Å²) in [6.45, 7) is 3.48. The van der Waals surface area contributed by atoms with Crippen LogP contribution >= 0.6 is 0 Å². The van der Waals surface area contributed by atoms with Crippen molar-refractivity contribution < 1.29 is 9.66 Å². The molecule has 0 bridgehead atoms. The van der Waals surface area contributed by atoms with E-state index in [0.717, 1.165) is 0 Å². The van der Waals surface area contributed by atoms with E-state index in [-0.39, 0.29) is 5.69 Å². The number of hydrogen-bond donors (Lipinski definition) is 0. The third-order valence-corrected chi connectivity index (χ3v) is 1.65. The summed E-state index contributed by atoms with van der Waals surface area (Å²) in [6.07, 6.45) is 1.44. The van der Waals surface area contributed by atoms with Crippen LogP contribution in [-0.4, -0.2) is 12.0 Å². The zero-order valence-corrected chi connectivity index (χ0v) is 7.19. The molecule has 0 fully saturated rings. The molecule has 0 heterocycles. The lowest BCUT2D eigenvalue weighted by Crippen LogP contribution is -1.92. The Morgan fingerprint density at radius 1 is 1.62 bits per heavy atom. The van der Waals surface area contributed by atoms with Crippen LogP contribution in [0.25, 0.3) is 6.08 Å². The van der Waals surface area contributed by atoms with Crippen molar-refractivity contribution in [1.82, 2.24) is 0 Å². The first-order chi connectivity index (χ1) is 6.19. The Morgan fingerprint density at radius 2 is 2.31 bits per heavy atom. The summed E-state index contributed by atoms with van der Waals surface area (Å²) >= 11 is 0. The molecule has 0 aliphatic heterocycles. The number of ether oxygens (including phenoxy) is 1. The van der Waals surface area contributed by atoms with E-state index in [1.54, 1.807) is 12.1 Å². The molecule has 0 unspecified atom stereocenters. The largest absolute Gasteiger partial charge is 0.497 e. The molecule has 0 saturated carbocycles. The van der Waals surface area contributed by atoms with E-state index in [1.807, 2.05) is 0 Å². The van der Waals surface area contributed by atoms with Gasteiger partial charge in [-0.3, -0.25) is 10.1 Å². The van der Waals surface area contributed by atoms with E-state index < -0.39 is 4.92 Å². The Kier molecular flexibility index (Phi) is 2.64. The van der Waals surface area contributed by atoms with Crippen LogP contribution in [0.5, 0.6) is 5.75 Å². The maximum Gasteiger partial charge on any atom is 0.280 e. The van der Waals surface area contributed by atoms with Crippen LogP contribution in [0.1, 0.15) is 5.56 Å². The van der Waals surface area contributed by atoms with Gasteiger partial charge in [-0.05, 0) is 12.1 Å². The molecule has 0 spiro atoms. The summed E-state index contributed by atoms with van der Waals surface area (Å²) in [5.74, 6) is 0.470. The first-order valence-corrected chi connectivity index (χ1v) is 3.64. The molecule has 0 N–H and O–H groups in total. The standard InChI is InChI=1S/C9H9NO3/c1-3-7-4-5-8(13-2)6-9(7)10(11)12/h3-6H,1H2,2H3. The first-order valence-electron chi connectivity index (χ1n) is 3.64. The van der Waals surface area contributed by atoms with E-state index in [1.165, 1.54) is 19.3 Å². The molecule has 68 valence electrons. The van der Waals surface area contributed by atoms with Gasteiger partial charge in [0, 0.05) is 0 Å². The van der Waals surface area contributed by atoms with Crippen molar-refractivity contribution in [2.24, 2.45) is 0 Å². The summed E-state index contributed by atoms with van der Waals surface area (Å²) in [7, 11) is 1.46. The highest BCUT2D eigenvalue weighted by molar-refractivity contribution is 5.61. The Bertz CT molecular complexity index is 347. The average Bonchev–Trinajstić information content (AvgIpc) is 2.16. The Labute approximate surface area is 75.6 Å². The molecule has 0 aromatic heterocycles. The quantitative estimate of drug-likeness (QED) is 0.528. The highest BCUT2D eigenvalue weighted by atomic mass is 16.6. The maximum atomic E-state index is 10.6. The van der Waals surface area contributed by atoms with Crippen LogP contribution in [0.3, 0.4) is 0 Å². The number of methoxy groups -OCH3 is 1. The Hall–Kier alpha value is -1.84. The van der Waals surface area contributed by atoms with Crippen LogP contribution in [-0.2, 0) is 0 Å². The smallest absolute Gasteiger partial charge is 0.280 e. The fourth-order valence-electron chi connectivity index (χ4n) is 0.981. The van der Waals surface area contributed by atoms with Crippen molar-refractivity contribution in [2.75, 3.05) is 7.11 Å². The molecule has 0 aliphatic rings. The van der Waals surface area contributed by atoms with Crippen LogP contribution in [0.4, 0.5) is 5.69 Å². The van der Waals surface area contributed by atoms with Gasteiger partial charge < -0.3 is 4.74 Å². The van der Waals surface area contributed by atoms with Crippen molar-refractivity contribution in [3.05, 3.63) is 40.5 Å².